The molecule has 2 aromatic rings. The zero-order valence-corrected chi connectivity index (χ0v) is 9.64. The maximum Gasteiger partial charge on any atom is 0.262 e. The predicted octanol–water partition coefficient (Wildman–Crippen LogP) is 1.30. The van der Waals surface area contributed by atoms with Gasteiger partial charge in [0, 0.05) is 0 Å². The largest absolute Gasteiger partial charge is 0.493 e. The van der Waals surface area contributed by atoms with Gasteiger partial charge in [0.1, 0.15) is 17.2 Å². The molecule has 0 aliphatic heterocycles. The minimum atomic E-state index is -0.555. The number of nitrogens with zero attached hydrogens (tertiary/aromatic N) is 1. The summed E-state index contributed by atoms with van der Waals surface area (Å²) >= 11 is 0. The molecule has 4 N–H and O–H groups in total. The van der Waals surface area contributed by atoms with Gasteiger partial charge in [0.2, 0.25) is 5.88 Å². The van der Waals surface area contributed by atoms with Crippen LogP contribution in [0.25, 0.3) is 11.1 Å². The molecule has 18 heavy (non-hydrogen) atoms. The Morgan fingerprint density at radius 1 is 1.50 bits per heavy atom. The summed E-state index contributed by atoms with van der Waals surface area (Å²) in [6, 6.07) is 4.85. The van der Waals surface area contributed by atoms with Gasteiger partial charge >= 0.3 is 0 Å². The summed E-state index contributed by atoms with van der Waals surface area (Å²) < 4.78 is 13.1. The average molecular weight is 249 g/mol. The van der Waals surface area contributed by atoms with Crippen molar-refractivity contribution in [1.82, 2.24) is 9.97 Å². The van der Waals surface area contributed by atoms with Crippen LogP contribution in [0.15, 0.2) is 29.1 Å². The van der Waals surface area contributed by atoms with Crippen molar-refractivity contribution < 1.29 is 9.50 Å². The molecular weight excluding hydrogens is 237 g/mol. The number of hydrogen-bond acceptors (Lipinski definition) is 4. The summed E-state index contributed by atoms with van der Waals surface area (Å²) in [5.74, 6) is -0.781. The minimum Gasteiger partial charge on any atom is -0.493 e. The molecule has 0 radical (unpaired) electrons. The first-order valence-corrected chi connectivity index (χ1v) is 5.33. The molecule has 2 rings (SSSR count). The highest BCUT2D eigenvalue weighted by Gasteiger charge is 2.14. The van der Waals surface area contributed by atoms with Crippen LogP contribution < -0.4 is 11.3 Å². The third kappa shape index (κ3) is 2.23. The van der Waals surface area contributed by atoms with Gasteiger partial charge in [0.25, 0.3) is 5.56 Å². The van der Waals surface area contributed by atoms with E-state index in [1.54, 1.807) is 6.92 Å². The smallest absolute Gasteiger partial charge is 0.262 e. The van der Waals surface area contributed by atoms with Gasteiger partial charge in [-0.3, -0.25) is 4.79 Å². The highest BCUT2D eigenvalue weighted by molar-refractivity contribution is 5.67. The van der Waals surface area contributed by atoms with E-state index in [-0.39, 0.29) is 17.0 Å². The van der Waals surface area contributed by atoms with E-state index in [2.05, 4.69) is 9.97 Å². The maximum atomic E-state index is 13.1. The molecule has 94 valence electrons. The average Bonchev–Trinajstić information content (AvgIpc) is 2.27. The first-order chi connectivity index (χ1) is 8.49. The zero-order chi connectivity index (χ0) is 13.3. The number of aromatic amines is 1. The molecular formula is C12H12FN3O2. The number of aromatic hydroxyl groups is 1. The topological polar surface area (TPSA) is 92.0 Å². The number of halogens is 1. The molecule has 1 heterocycles. The standard InChI is InChI=1S/C12H12FN3O2/c1-6(14)10-15-11(17)9(12(18)16-10)7-3-2-4-8(13)5-7/h2-6H,14H2,1H3,(H2,15,16,17,18). The first-order valence-electron chi connectivity index (χ1n) is 5.33. The fraction of sp³-hybridized carbons (Fsp3) is 0.167. The molecule has 0 fully saturated rings. The molecule has 5 nitrogen and oxygen atoms in total. The Hall–Kier alpha value is -2.21. The second kappa shape index (κ2) is 4.58. The fourth-order valence-corrected chi connectivity index (χ4v) is 1.60. The van der Waals surface area contributed by atoms with Crippen molar-refractivity contribution in [2.45, 2.75) is 13.0 Å². The van der Waals surface area contributed by atoms with Crippen LogP contribution in [-0.2, 0) is 0 Å². The molecule has 0 aliphatic rings. The third-order valence-electron chi connectivity index (χ3n) is 2.46. The van der Waals surface area contributed by atoms with Gasteiger partial charge < -0.3 is 15.8 Å². The van der Waals surface area contributed by atoms with Crippen LogP contribution in [-0.4, -0.2) is 15.1 Å². The van der Waals surface area contributed by atoms with E-state index >= 15 is 0 Å². The lowest BCUT2D eigenvalue weighted by atomic mass is 10.1. The second-order valence-corrected chi connectivity index (χ2v) is 3.95. The van der Waals surface area contributed by atoms with Crippen LogP contribution >= 0.6 is 0 Å². The lowest BCUT2D eigenvalue weighted by Crippen LogP contribution is -2.19. The van der Waals surface area contributed by atoms with Crippen LogP contribution in [0.5, 0.6) is 5.88 Å². The SMILES string of the molecule is CC(N)c1nc(O)c(-c2cccc(F)c2)c(=O)[nH]1. The van der Waals surface area contributed by atoms with E-state index in [9.17, 15) is 14.3 Å². The lowest BCUT2D eigenvalue weighted by molar-refractivity contribution is 0.447. The summed E-state index contributed by atoms with van der Waals surface area (Å²) in [4.78, 5) is 18.1. The normalized spacial score (nSPS) is 12.4. The summed E-state index contributed by atoms with van der Waals surface area (Å²) in [6.07, 6.45) is 0. The van der Waals surface area contributed by atoms with Gasteiger partial charge in [-0.2, -0.15) is 4.98 Å². The predicted molar refractivity (Wildman–Crippen MR) is 64.5 cm³/mol. The number of benzene rings is 1. The van der Waals surface area contributed by atoms with E-state index in [0.29, 0.717) is 0 Å². The van der Waals surface area contributed by atoms with Crippen molar-refractivity contribution in [3.05, 3.63) is 46.3 Å². The number of nitrogens with two attached hydrogens (primary N) is 1. The van der Waals surface area contributed by atoms with E-state index in [4.69, 9.17) is 5.73 Å². The van der Waals surface area contributed by atoms with Crippen LogP contribution in [0.4, 0.5) is 4.39 Å². The number of hydrogen-bond donors (Lipinski definition) is 3. The zero-order valence-electron chi connectivity index (χ0n) is 9.64. The molecule has 0 bridgehead atoms. The highest BCUT2D eigenvalue weighted by atomic mass is 19.1. The van der Waals surface area contributed by atoms with E-state index in [0.717, 1.165) is 6.07 Å². The Morgan fingerprint density at radius 2 is 2.22 bits per heavy atom. The number of rotatable bonds is 2. The van der Waals surface area contributed by atoms with Crippen molar-refractivity contribution >= 4 is 0 Å². The van der Waals surface area contributed by atoms with Crippen LogP contribution in [0.3, 0.4) is 0 Å². The quantitative estimate of drug-likeness (QED) is 0.748. The number of aromatic nitrogens is 2. The highest BCUT2D eigenvalue weighted by Crippen LogP contribution is 2.24. The summed E-state index contributed by atoms with van der Waals surface area (Å²) in [7, 11) is 0. The molecule has 0 saturated carbocycles. The van der Waals surface area contributed by atoms with Crippen LogP contribution in [0.2, 0.25) is 0 Å². The molecule has 6 heteroatoms. The second-order valence-electron chi connectivity index (χ2n) is 3.95. The fourth-order valence-electron chi connectivity index (χ4n) is 1.60. The summed E-state index contributed by atoms with van der Waals surface area (Å²) in [5, 5.41) is 9.76. The van der Waals surface area contributed by atoms with Gasteiger partial charge in [0.05, 0.1) is 6.04 Å². The van der Waals surface area contributed by atoms with Crippen LogP contribution in [0.1, 0.15) is 18.8 Å². The Labute approximate surface area is 102 Å². The van der Waals surface area contributed by atoms with Crippen molar-refractivity contribution in [2.24, 2.45) is 5.73 Å². The van der Waals surface area contributed by atoms with Gasteiger partial charge in [-0.25, -0.2) is 4.39 Å². The monoisotopic (exact) mass is 249 g/mol. The first kappa shape index (κ1) is 12.3. The molecule has 0 spiro atoms. The van der Waals surface area contributed by atoms with E-state index in [1.165, 1.54) is 18.2 Å². The van der Waals surface area contributed by atoms with E-state index in [1.807, 2.05) is 0 Å². The lowest BCUT2D eigenvalue weighted by Gasteiger charge is -2.08. The number of nitrogens with one attached hydrogen (secondary N) is 1. The molecule has 1 atom stereocenters. The molecule has 1 unspecified atom stereocenters. The molecule has 0 saturated heterocycles. The van der Waals surface area contributed by atoms with E-state index < -0.39 is 23.3 Å². The number of H-pyrrole nitrogens is 1. The Kier molecular flexibility index (Phi) is 3.12. The van der Waals surface area contributed by atoms with Crippen molar-refractivity contribution in [3.8, 4) is 17.0 Å². The third-order valence-corrected chi connectivity index (χ3v) is 2.46. The summed E-state index contributed by atoms with van der Waals surface area (Å²) in [5.41, 5.74) is 5.20. The Balaban J connectivity index is 2.63. The van der Waals surface area contributed by atoms with Crippen molar-refractivity contribution in [3.63, 3.8) is 0 Å². The van der Waals surface area contributed by atoms with Crippen molar-refractivity contribution in [2.75, 3.05) is 0 Å². The molecule has 1 aromatic heterocycles. The summed E-state index contributed by atoms with van der Waals surface area (Å²) in [6.45, 7) is 1.62. The van der Waals surface area contributed by atoms with Gasteiger partial charge in [-0.05, 0) is 24.6 Å². The molecule has 1 aromatic carbocycles. The molecule has 0 aliphatic carbocycles. The van der Waals surface area contributed by atoms with Gasteiger partial charge in [0.15, 0.2) is 0 Å². The molecule has 0 amide bonds. The van der Waals surface area contributed by atoms with Crippen LogP contribution in [0, 0.1) is 5.82 Å². The van der Waals surface area contributed by atoms with Gasteiger partial charge in [-0.1, -0.05) is 12.1 Å². The Bertz CT molecular complexity index is 637. The Morgan fingerprint density at radius 3 is 2.78 bits per heavy atom. The van der Waals surface area contributed by atoms with Gasteiger partial charge in [-0.15, -0.1) is 0 Å². The maximum absolute atomic E-state index is 13.1. The van der Waals surface area contributed by atoms with Crippen molar-refractivity contribution in [1.29, 1.82) is 0 Å². The minimum absolute atomic E-state index is 0.0705.